The van der Waals surface area contributed by atoms with Crippen LogP contribution >= 0.6 is 12.2 Å². The predicted octanol–water partition coefficient (Wildman–Crippen LogP) is 0.816. The van der Waals surface area contributed by atoms with E-state index >= 15 is 0 Å². The summed E-state index contributed by atoms with van der Waals surface area (Å²) in [5.74, 6) is 0.758. The molecule has 3 N–H and O–H groups in total. The van der Waals surface area contributed by atoms with E-state index in [2.05, 4.69) is 15.2 Å². The van der Waals surface area contributed by atoms with Crippen molar-refractivity contribution in [3.63, 3.8) is 0 Å². The van der Waals surface area contributed by atoms with Gasteiger partial charge in [0.1, 0.15) is 10.7 Å². The first-order valence-corrected chi connectivity index (χ1v) is 7.79. The lowest BCUT2D eigenvalue weighted by Gasteiger charge is -2.41. The molecule has 5 nitrogen and oxygen atoms in total. The van der Waals surface area contributed by atoms with Gasteiger partial charge >= 0.3 is 0 Å². The van der Waals surface area contributed by atoms with Crippen molar-refractivity contribution in [1.82, 2.24) is 15.2 Å². The number of aromatic nitrogens is 1. The normalized spacial score (nSPS) is 26.0. The number of piperidine rings is 2. The quantitative estimate of drug-likeness (QED) is 0.809. The Bertz CT molecular complexity index is 562. The van der Waals surface area contributed by atoms with Crippen LogP contribution in [-0.4, -0.2) is 39.9 Å². The molecule has 3 heterocycles. The van der Waals surface area contributed by atoms with E-state index < -0.39 is 0 Å². The molecule has 2 aliphatic rings. The van der Waals surface area contributed by atoms with Crippen molar-refractivity contribution in [3.8, 4) is 0 Å². The highest BCUT2D eigenvalue weighted by molar-refractivity contribution is 7.80. The van der Waals surface area contributed by atoms with Gasteiger partial charge in [-0.25, -0.2) is 0 Å². The van der Waals surface area contributed by atoms with E-state index in [4.69, 9.17) is 18.0 Å². The Morgan fingerprint density at radius 1 is 1.52 bits per heavy atom. The molecule has 2 aliphatic heterocycles. The molecule has 0 aliphatic carbocycles. The van der Waals surface area contributed by atoms with E-state index in [0.29, 0.717) is 23.4 Å². The van der Waals surface area contributed by atoms with Gasteiger partial charge in [0, 0.05) is 38.3 Å². The van der Waals surface area contributed by atoms with E-state index in [9.17, 15) is 4.79 Å². The number of nitrogens with zero attached hydrogens (tertiary/aromatic N) is 2. The maximum absolute atomic E-state index is 11.4. The zero-order chi connectivity index (χ0) is 14.8. The van der Waals surface area contributed by atoms with Crippen molar-refractivity contribution < 1.29 is 4.79 Å². The average molecular weight is 304 g/mol. The van der Waals surface area contributed by atoms with Gasteiger partial charge in [-0.2, -0.15) is 0 Å². The van der Waals surface area contributed by atoms with Gasteiger partial charge in [-0.15, -0.1) is 0 Å². The zero-order valence-corrected chi connectivity index (χ0v) is 12.7. The molecule has 2 atom stereocenters. The summed E-state index contributed by atoms with van der Waals surface area (Å²) in [7, 11) is 0. The standard InChI is InChI=1S/C15H20N4OS/c16-15(21)14-11(2-1-6-17-14)9-19-7-5-12-10(8-19)3-4-13(20)18-12/h1-2,6,10,12H,3-5,7-9H2,(H2,16,21)(H,18,20). The topological polar surface area (TPSA) is 71.2 Å². The molecule has 2 fully saturated rings. The number of carbonyl (C=O) groups excluding carboxylic acids is 1. The Morgan fingerprint density at radius 2 is 2.38 bits per heavy atom. The number of carbonyl (C=O) groups is 1. The van der Waals surface area contributed by atoms with Crippen molar-refractivity contribution in [2.24, 2.45) is 11.7 Å². The van der Waals surface area contributed by atoms with Gasteiger partial charge < -0.3 is 11.1 Å². The summed E-state index contributed by atoms with van der Waals surface area (Å²) < 4.78 is 0. The van der Waals surface area contributed by atoms with Crippen molar-refractivity contribution in [3.05, 3.63) is 29.6 Å². The van der Waals surface area contributed by atoms with E-state index in [0.717, 1.165) is 43.7 Å². The van der Waals surface area contributed by atoms with Crippen molar-refractivity contribution in [2.75, 3.05) is 13.1 Å². The number of amides is 1. The molecule has 6 heteroatoms. The zero-order valence-electron chi connectivity index (χ0n) is 11.9. The first-order chi connectivity index (χ1) is 10.1. The Kier molecular flexibility index (Phi) is 4.17. The van der Waals surface area contributed by atoms with Crippen LogP contribution in [0.15, 0.2) is 18.3 Å². The second kappa shape index (κ2) is 6.07. The van der Waals surface area contributed by atoms with E-state index in [1.807, 2.05) is 12.1 Å². The Hall–Kier alpha value is -1.53. The van der Waals surface area contributed by atoms with E-state index in [1.165, 1.54) is 0 Å². The van der Waals surface area contributed by atoms with Gasteiger partial charge in [-0.1, -0.05) is 18.3 Å². The van der Waals surface area contributed by atoms with Crippen LogP contribution in [0.5, 0.6) is 0 Å². The predicted molar refractivity (Wildman–Crippen MR) is 84.7 cm³/mol. The Labute approximate surface area is 129 Å². The second-order valence-corrected chi connectivity index (χ2v) is 6.31. The molecule has 0 saturated carbocycles. The SMILES string of the molecule is NC(=S)c1ncccc1CN1CCC2NC(=O)CCC2C1. The monoisotopic (exact) mass is 304 g/mol. The molecule has 0 aromatic carbocycles. The highest BCUT2D eigenvalue weighted by atomic mass is 32.1. The number of nitrogens with two attached hydrogens (primary N) is 1. The summed E-state index contributed by atoms with van der Waals surface area (Å²) in [6.07, 6.45) is 4.38. The number of hydrogen-bond acceptors (Lipinski definition) is 4. The third-order valence-electron chi connectivity index (χ3n) is 4.43. The third kappa shape index (κ3) is 3.22. The molecule has 3 rings (SSSR count). The lowest BCUT2D eigenvalue weighted by atomic mass is 9.85. The maximum Gasteiger partial charge on any atom is 0.220 e. The molecule has 2 saturated heterocycles. The molecule has 112 valence electrons. The van der Waals surface area contributed by atoms with Crippen LogP contribution in [-0.2, 0) is 11.3 Å². The van der Waals surface area contributed by atoms with Crippen molar-refractivity contribution >= 4 is 23.1 Å². The molecule has 0 radical (unpaired) electrons. The van der Waals surface area contributed by atoms with Crippen LogP contribution < -0.4 is 11.1 Å². The number of pyridine rings is 1. The Morgan fingerprint density at radius 3 is 3.19 bits per heavy atom. The fourth-order valence-corrected chi connectivity index (χ4v) is 3.54. The summed E-state index contributed by atoms with van der Waals surface area (Å²) in [5, 5.41) is 3.11. The highest BCUT2D eigenvalue weighted by Gasteiger charge is 2.33. The van der Waals surface area contributed by atoms with Gasteiger partial charge in [0.2, 0.25) is 5.91 Å². The summed E-state index contributed by atoms with van der Waals surface area (Å²) in [6, 6.07) is 4.31. The van der Waals surface area contributed by atoms with E-state index in [1.54, 1.807) is 6.20 Å². The van der Waals surface area contributed by atoms with Crippen LogP contribution in [0.25, 0.3) is 0 Å². The van der Waals surface area contributed by atoms with Crippen molar-refractivity contribution in [2.45, 2.75) is 31.8 Å². The third-order valence-corrected chi connectivity index (χ3v) is 4.62. The fraction of sp³-hybridized carbons (Fsp3) is 0.533. The van der Waals surface area contributed by atoms with Crippen LogP contribution in [0.4, 0.5) is 0 Å². The fourth-order valence-electron chi connectivity index (χ4n) is 3.36. The lowest BCUT2D eigenvalue weighted by Crippen LogP contribution is -2.53. The Balaban J connectivity index is 1.67. The molecular formula is C15H20N4OS. The second-order valence-electron chi connectivity index (χ2n) is 5.87. The van der Waals surface area contributed by atoms with Crippen LogP contribution in [0, 0.1) is 5.92 Å². The summed E-state index contributed by atoms with van der Waals surface area (Å²) in [6.45, 7) is 2.81. The minimum Gasteiger partial charge on any atom is -0.388 e. The van der Waals surface area contributed by atoms with Crippen LogP contribution in [0.2, 0.25) is 0 Å². The van der Waals surface area contributed by atoms with Crippen LogP contribution in [0.3, 0.4) is 0 Å². The largest absolute Gasteiger partial charge is 0.388 e. The number of nitrogens with one attached hydrogen (secondary N) is 1. The van der Waals surface area contributed by atoms with E-state index in [-0.39, 0.29) is 5.91 Å². The molecule has 0 spiro atoms. The number of thiocarbonyl (C=S) groups is 1. The number of likely N-dealkylation sites (tertiary alicyclic amines) is 1. The van der Waals surface area contributed by atoms with Crippen molar-refractivity contribution in [1.29, 1.82) is 0 Å². The number of hydrogen-bond donors (Lipinski definition) is 2. The average Bonchev–Trinajstić information content (AvgIpc) is 2.48. The molecular weight excluding hydrogens is 284 g/mol. The molecule has 1 aromatic rings. The molecule has 1 amide bonds. The minimum atomic E-state index is 0.202. The minimum absolute atomic E-state index is 0.202. The van der Waals surface area contributed by atoms with Gasteiger partial charge in [0.05, 0.1) is 0 Å². The summed E-state index contributed by atoms with van der Waals surface area (Å²) in [5.41, 5.74) is 7.56. The smallest absolute Gasteiger partial charge is 0.220 e. The van der Waals surface area contributed by atoms with Gasteiger partial charge in [0.25, 0.3) is 0 Å². The first kappa shape index (κ1) is 14.4. The summed E-state index contributed by atoms with van der Waals surface area (Å²) >= 11 is 5.07. The molecule has 0 bridgehead atoms. The maximum atomic E-state index is 11.4. The highest BCUT2D eigenvalue weighted by Crippen LogP contribution is 2.26. The molecule has 2 unspecified atom stereocenters. The van der Waals surface area contributed by atoms with Gasteiger partial charge in [-0.3, -0.25) is 14.7 Å². The van der Waals surface area contributed by atoms with Gasteiger partial charge in [-0.05, 0) is 30.4 Å². The molecule has 1 aromatic heterocycles. The summed E-state index contributed by atoms with van der Waals surface area (Å²) in [4.78, 5) is 18.5. The molecule has 21 heavy (non-hydrogen) atoms. The number of rotatable bonds is 3. The first-order valence-electron chi connectivity index (χ1n) is 7.39. The van der Waals surface area contributed by atoms with Crippen LogP contribution in [0.1, 0.15) is 30.5 Å². The lowest BCUT2D eigenvalue weighted by molar-refractivity contribution is -0.125. The van der Waals surface area contributed by atoms with Gasteiger partial charge in [0.15, 0.2) is 0 Å². The number of fused-ring (bicyclic) bond motifs is 1.